The second-order valence-electron chi connectivity index (χ2n) is 6.86. The van der Waals surface area contributed by atoms with Gasteiger partial charge in [-0.15, -0.1) is 0 Å². The fraction of sp³-hybridized carbons (Fsp3) is 0.556. The van der Waals surface area contributed by atoms with Gasteiger partial charge in [0, 0.05) is 32.3 Å². The zero-order chi connectivity index (χ0) is 17.7. The summed E-state index contributed by atoms with van der Waals surface area (Å²) in [6.07, 6.45) is 0. The number of hydrogen-bond donors (Lipinski definition) is 0. The molecule has 6 nitrogen and oxygen atoms in total. The summed E-state index contributed by atoms with van der Waals surface area (Å²) in [6.45, 7) is 6.42. The molecule has 132 valence electrons. The number of ether oxygens (including phenoxy) is 2. The summed E-state index contributed by atoms with van der Waals surface area (Å²) in [7, 11) is 3.20. The Bertz CT molecular complexity index is 583. The van der Waals surface area contributed by atoms with Gasteiger partial charge in [0.1, 0.15) is 12.3 Å². The first-order valence-electron chi connectivity index (χ1n) is 8.06. The number of benzene rings is 1. The molecule has 1 heterocycles. The Labute approximate surface area is 143 Å². The average molecular weight is 334 g/mol. The Balaban J connectivity index is 2.16. The van der Waals surface area contributed by atoms with E-state index in [1.54, 1.807) is 48.3 Å². The SMILES string of the molecule is COCCN1CC(C)(C)CN(C(=O)c2ccc(OC)cc2)CC1=O. The van der Waals surface area contributed by atoms with Crippen LogP contribution >= 0.6 is 0 Å². The maximum atomic E-state index is 12.8. The van der Waals surface area contributed by atoms with E-state index in [4.69, 9.17) is 9.47 Å². The summed E-state index contributed by atoms with van der Waals surface area (Å²) >= 11 is 0. The standard InChI is InChI=1S/C18H26N2O4/c1-18(2)12-19(9-10-23-3)16(21)11-20(13-18)17(22)14-5-7-15(24-4)8-6-14/h5-8H,9-13H2,1-4H3. The van der Waals surface area contributed by atoms with Crippen molar-refractivity contribution < 1.29 is 19.1 Å². The van der Waals surface area contributed by atoms with Crippen molar-refractivity contribution in [1.29, 1.82) is 0 Å². The lowest BCUT2D eigenvalue weighted by molar-refractivity contribution is -0.131. The van der Waals surface area contributed by atoms with Crippen molar-refractivity contribution in [3.8, 4) is 5.75 Å². The molecular weight excluding hydrogens is 308 g/mol. The Hall–Kier alpha value is -2.08. The predicted molar refractivity (Wildman–Crippen MR) is 91.1 cm³/mol. The van der Waals surface area contributed by atoms with E-state index in [1.807, 2.05) is 0 Å². The topological polar surface area (TPSA) is 59.1 Å². The van der Waals surface area contributed by atoms with Gasteiger partial charge >= 0.3 is 0 Å². The fourth-order valence-corrected chi connectivity index (χ4v) is 2.96. The number of nitrogens with zero attached hydrogens (tertiary/aromatic N) is 2. The Morgan fingerprint density at radius 3 is 2.42 bits per heavy atom. The Kier molecular flexibility index (Phi) is 5.83. The molecule has 1 aromatic rings. The molecule has 0 spiro atoms. The van der Waals surface area contributed by atoms with Crippen molar-refractivity contribution in [3.63, 3.8) is 0 Å². The van der Waals surface area contributed by atoms with Crippen molar-refractivity contribution >= 4 is 11.8 Å². The molecule has 0 aliphatic carbocycles. The third-order valence-electron chi connectivity index (χ3n) is 4.11. The summed E-state index contributed by atoms with van der Waals surface area (Å²) < 4.78 is 10.2. The van der Waals surface area contributed by atoms with Gasteiger partial charge in [-0.25, -0.2) is 0 Å². The van der Waals surface area contributed by atoms with Crippen LogP contribution < -0.4 is 4.74 Å². The van der Waals surface area contributed by atoms with E-state index in [1.165, 1.54) is 0 Å². The van der Waals surface area contributed by atoms with Gasteiger partial charge < -0.3 is 19.3 Å². The zero-order valence-electron chi connectivity index (χ0n) is 14.9. The highest BCUT2D eigenvalue weighted by Gasteiger charge is 2.34. The molecule has 0 aromatic heterocycles. The second kappa shape index (κ2) is 7.66. The highest BCUT2D eigenvalue weighted by Crippen LogP contribution is 2.24. The van der Waals surface area contributed by atoms with E-state index >= 15 is 0 Å². The van der Waals surface area contributed by atoms with Crippen molar-refractivity contribution in [3.05, 3.63) is 29.8 Å². The third kappa shape index (κ3) is 4.47. The quantitative estimate of drug-likeness (QED) is 0.822. The van der Waals surface area contributed by atoms with Crippen LogP contribution in [-0.2, 0) is 9.53 Å². The second-order valence-corrected chi connectivity index (χ2v) is 6.86. The molecule has 0 radical (unpaired) electrons. The Morgan fingerprint density at radius 2 is 1.83 bits per heavy atom. The summed E-state index contributed by atoms with van der Waals surface area (Å²) in [4.78, 5) is 28.7. The molecule has 1 aromatic carbocycles. The minimum atomic E-state index is -0.179. The van der Waals surface area contributed by atoms with Gasteiger partial charge in [-0.1, -0.05) is 13.8 Å². The smallest absolute Gasteiger partial charge is 0.254 e. The first-order chi connectivity index (χ1) is 11.4. The molecule has 1 aliphatic rings. The molecule has 24 heavy (non-hydrogen) atoms. The normalized spacial score (nSPS) is 17.6. The number of hydrogen-bond acceptors (Lipinski definition) is 4. The van der Waals surface area contributed by atoms with Gasteiger partial charge in [-0.05, 0) is 29.7 Å². The van der Waals surface area contributed by atoms with E-state index in [-0.39, 0.29) is 23.8 Å². The molecule has 0 atom stereocenters. The number of amides is 2. The van der Waals surface area contributed by atoms with Crippen molar-refractivity contribution in [1.82, 2.24) is 9.80 Å². The zero-order valence-corrected chi connectivity index (χ0v) is 14.9. The minimum Gasteiger partial charge on any atom is -0.497 e. The highest BCUT2D eigenvalue weighted by atomic mass is 16.5. The van der Waals surface area contributed by atoms with Crippen molar-refractivity contribution in [2.45, 2.75) is 13.8 Å². The summed E-state index contributed by atoms with van der Waals surface area (Å²) in [5, 5.41) is 0. The molecule has 0 saturated carbocycles. The first-order valence-corrected chi connectivity index (χ1v) is 8.06. The molecule has 6 heteroatoms. The van der Waals surface area contributed by atoms with Crippen molar-refractivity contribution in [2.24, 2.45) is 5.41 Å². The van der Waals surface area contributed by atoms with Gasteiger partial charge in [0.15, 0.2) is 0 Å². The number of carbonyl (C=O) groups excluding carboxylic acids is 2. The molecule has 1 saturated heterocycles. The van der Waals surface area contributed by atoms with Crippen LogP contribution in [0.1, 0.15) is 24.2 Å². The summed E-state index contributed by atoms with van der Waals surface area (Å²) in [5.41, 5.74) is 0.381. The largest absolute Gasteiger partial charge is 0.497 e. The van der Waals surface area contributed by atoms with Crippen LogP contribution in [0.3, 0.4) is 0 Å². The molecule has 1 aliphatic heterocycles. The molecular formula is C18H26N2O4. The van der Waals surface area contributed by atoms with Crippen LogP contribution in [0.5, 0.6) is 5.75 Å². The Morgan fingerprint density at radius 1 is 1.17 bits per heavy atom. The maximum Gasteiger partial charge on any atom is 0.254 e. The lowest BCUT2D eigenvalue weighted by atomic mass is 9.92. The monoisotopic (exact) mass is 334 g/mol. The van der Waals surface area contributed by atoms with E-state index < -0.39 is 0 Å². The molecule has 2 amide bonds. The van der Waals surface area contributed by atoms with Crippen LogP contribution in [0, 0.1) is 5.41 Å². The summed E-state index contributed by atoms with van der Waals surface area (Å²) in [6, 6.07) is 6.96. The van der Waals surface area contributed by atoms with Crippen molar-refractivity contribution in [2.75, 3.05) is 47.0 Å². The van der Waals surface area contributed by atoms with Gasteiger partial charge in [0.25, 0.3) is 5.91 Å². The van der Waals surface area contributed by atoms with Crippen LogP contribution in [0.4, 0.5) is 0 Å². The van der Waals surface area contributed by atoms with Gasteiger partial charge in [-0.3, -0.25) is 9.59 Å². The molecule has 0 unspecified atom stereocenters. The molecule has 0 bridgehead atoms. The van der Waals surface area contributed by atoms with Gasteiger partial charge in [0.05, 0.1) is 13.7 Å². The first kappa shape index (κ1) is 18.3. The van der Waals surface area contributed by atoms with Gasteiger partial charge in [-0.2, -0.15) is 0 Å². The van der Waals surface area contributed by atoms with Crippen LogP contribution in [-0.4, -0.2) is 68.6 Å². The minimum absolute atomic E-state index is 0.0421. The van der Waals surface area contributed by atoms with E-state index in [0.29, 0.717) is 37.6 Å². The van der Waals surface area contributed by atoms with E-state index in [9.17, 15) is 9.59 Å². The highest BCUT2D eigenvalue weighted by molar-refractivity contribution is 5.96. The van der Waals surface area contributed by atoms with Crippen LogP contribution in [0.2, 0.25) is 0 Å². The fourth-order valence-electron chi connectivity index (χ4n) is 2.96. The van der Waals surface area contributed by atoms with E-state index in [2.05, 4.69) is 13.8 Å². The van der Waals surface area contributed by atoms with Crippen LogP contribution in [0.15, 0.2) is 24.3 Å². The lowest BCUT2D eigenvalue weighted by Gasteiger charge is -2.30. The maximum absolute atomic E-state index is 12.8. The van der Waals surface area contributed by atoms with E-state index in [0.717, 1.165) is 0 Å². The molecule has 1 fully saturated rings. The average Bonchev–Trinajstić information content (AvgIpc) is 2.68. The summed E-state index contributed by atoms with van der Waals surface area (Å²) in [5.74, 6) is 0.525. The number of methoxy groups -OCH3 is 2. The molecule has 0 N–H and O–H groups in total. The number of rotatable bonds is 5. The van der Waals surface area contributed by atoms with Gasteiger partial charge in [0.2, 0.25) is 5.91 Å². The predicted octanol–water partition coefficient (Wildman–Crippen LogP) is 1.65. The third-order valence-corrected chi connectivity index (χ3v) is 4.11. The lowest BCUT2D eigenvalue weighted by Crippen LogP contribution is -2.40. The van der Waals surface area contributed by atoms with Crippen LogP contribution in [0.25, 0.3) is 0 Å². The molecule has 2 rings (SSSR count). The number of carbonyl (C=O) groups is 2.